The number of rotatable bonds is 8. The summed E-state index contributed by atoms with van der Waals surface area (Å²) in [7, 11) is 3.22. The molecule has 0 saturated heterocycles. The topological polar surface area (TPSA) is 59.6 Å². The molecular weight excluding hydrogens is 256 g/mol. The summed E-state index contributed by atoms with van der Waals surface area (Å²) in [6, 6.07) is 6.25. The highest BCUT2D eigenvalue weighted by Crippen LogP contribution is 2.21. The van der Waals surface area contributed by atoms with Crippen LogP contribution in [0, 0.1) is 0 Å². The van der Waals surface area contributed by atoms with E-state index in [4.69, 9.17) is 9.47 Å². The predicted molar refractivity (Wildman–Crippen MR) is 77.1 cm³/mol. The number of amides is 1. The smallest absolute Gasteiger partial charge is 0.251 e. The Morgan fingerprint density at radius 3 is 2.75 bits per heavy atom. The van der Waals surface area contributed by atoms with E-state index in [1.165, 1.54) is 12.8 Å². The molecule has 0 aromatic heterocycles. The van der Waals surface area contributed by atoms with Crippen LogP contribution in [0.5, 0.6) is 5.75 Å². The minimum absolute atomic E-state index is 0.103. The van der Waals surface area contributed by atoms with E-state index in [2.05, 4.69) is 10.6 Å². The molecule has 1 saturated carbocycles. The van der Waals surface area contributed by atoms with Gasteiger partial charge in [0.1, 0.15) is 5.75 Å². The largest absolute Gasteiger partial charge is 0.497 e. The lowest BCUT2D eigenvalue weighted by atomic mass is 10.1. The number of nitrogens with one attached hydrogen (secondary N) is 2. The molecule has 1 aliphatic carbocycles. The monoisotopic (exact) mass is 278 g/mol. The average Bonchev–Trinajstić information content (AvgIpc) is 3.29. The third kappa shape index (κ3) is 4.51. The molecule has 0 heterocycles. The van der Waals surface area contributed by atoms with Crippen molar-refractivity contribution in [3.05, 3.63) is 29.3 Å². The van der Waals surface area contributed by atoms with Crippen molar-refractivity contribution >= 4 is 5.91 Å². The fraction of sp³-hybridized carbons (Fsp3) is 0.533. The number of methoxy groups -OCH3 is 2. The van der Waals surface area contributed by atoms with Gasteiger partial charge in [0, 0.05) is 31.8 Å². The van der Waals surface area contributed by atoms with E-state index in [1.54, 1.807) is 20.3 Å². The maximum atomic E-state index is 12.0. The molecule has 1 aliphatic rings. The molecule has 5 heteroatoms. The van der Waals surface area contributed by atoms with Gasteiger partial charge in [-0.25, -0.2) is 0 Å². The Morgan fingerprint density at radius 1 is 1.30 bits per heavy atom. The summed E-state index contributed by atoms with van der Waals surface area (Å²) >= 11 is 0. The molecule has 1 aromatic rings. The van der Waals surface area contributed by atoms with Crippen molar-refractivity contribution in [2.75, 3.05) is 27.4 Å². The van der Waals surface area contributed by atoms with Gasteiger partial charge in [0.05, 0.1) is 13.7 Å². The molecule has 0 aliphatic heterocycles. The van der Waals surface area contributed by atoms with Crippen molar-refractivity contribution in [1.82, 2.24) is 10.6 Å². The average molecular weight is 278 g/mol. The molecule has 0 radical (unpaired) electrons. The minimum atomic E-state index is -0.103. The SMILES string of the molecule is COCCNC(=O)c1cc(CNC2CC2)cc(OC)c1. The van der Waals surface area contributed by atoms with E-state index in [0.717, 1.165) is 12.1 Å². The molecule has 0 bridgehead atoms. The van der Waals surface area contributed by atoms with Gasteiger partial charge < -0.3 is 20.1 Å². The lowest BCUT2D eigenvalue weighted by Gasteiger charge is -2.10. The Hall–Kier alpha value is -1.59. The number of carbonyl (C=O) groups excluding carboxylic acids is 1. The zero-order valence-electron chi connectivity index (χ0n) is 12.1. The lowest BCUT2D eigenvalue weighted by molar-refractivity contribution is 0.0936. The van der Waals surface area contributed by atoms with Crippen LogP contribution in [0.3, 0.4) is 0 Å². The van der Waals surface area contributed by atoms with Crippen LogP contribution in [-0.4, -0.2) is 39.3 Å². The van der Waals surface area contributed by atoms with Gasteiger partial charge in [-0.2, -0.15) is 0 Å². The van der Waals surface area contributed by atoms with Crippen LogP contribution >= 0.6 is 0 Å². The molecule has 0 spiro atoms. The number of hydrogen-bond acceptors (Lipinski definition) is 4. The maximum absolute atomic E-state index is 12.0. The van der Waals surface area contributed by atoms with Crippen molar-refractivity contribution in [2.45, 2.75) is 25.4 Å². The Balaban J connectivity index is 2.01. The first-order chi connectivity index (χ1) is 9.72. The molecule has 20 heavy (non-hydrogen) atoms. The van der Waals surface area contributed by atoms with Crippen LogP contribution in [0.1, 0.15) is 28.8 Å². The molecule has 5 nitrogen and oxygen atoms in total. The van der Waals surface area contributed by atoms with Crippen LogP contribution in [-0.2, 0) is 11.3 Å². The second-order valence-electron chi connectivity index (χ2n) is 4.97. The number of carbonyl (C=O) groups is 1. The first-order valence-corrected chi connectivity index (χ1v) is 6.91. The normalized spacial score (nSPS) is 14.1. The maximum Gasteiger partial charge on any atom is 0.251 e. The molecule has 2 rings (SSSR count). The summed E-state index contributed by atoms with van der Waals surface area (Å²) in [6.45, 7) is 1.77. The Bertz CT molecular complexity index is 458. The number of benzene rings is 1. The van der Waals surface area contributed by atoms with Gasteiger partial charge >= 0.3 is 0 Å². The van der Waals surface area contributed by atoms with Crippen molar-refractivity contribution in [3.63, 3.8) is 0 Å². The van der Waals surface area contributed by atoms with E-state index >= 15 is 0 Å². The van der Waals surface area contributed by atoms with Gasteiger partial charge in [-0.15, -0.1) is 0 Å². The van der Waals surface area contributed by atoms with E-state index in [9.17, 15) is 4.79 Å². The number of hydrogen-bond donors (Lipinski definition) is 2. The quantitative estimate of drug-likeness (QED) is 0.704. The molecular formula is C15H22N2O3. The van der Waals surface area contributed by atoms with Crippen LogP contribution in [0.2, 0.25) is 0 Å². The van der Waals surface area contributed by atoms with Crippen molar-refractivity contribution in [2.24, 2.45) is 0 Å². The molecule has 1 amide bonds. The zero-order chi connectivity index (χ0) is 14.4. The Kier molecular flexibility index (Phi) is 5.38. The molecule has 0 unspecified atom stereocenters. The first kappa shape index (κ1) is 14.8. The lowest BCUT2D eigenvalue weighted by Crippen LogP contribution is -2.27. The summed E-state index contributed by atoms with van der Waals surface area (Å²) in [5, 5.41) is 6.25. The Morgan fingerprint density at radius 2 is 2.10 bits per heavy atom. The highest BCUT2D eigenvalue weighted by atomic mass is 16.5. The summed E-state index contributed by atoms with van der Waals surface area (Å²) in [6.07, 6.45) is 2.49. The molecule has 1 aromatic carbocycles. The standard InChI is InChI=1S/C15H22N2O3/c1-19-6-5-16-15(18)12-7-11(8-14(9-12)20-2)10-17-13-3-4-13/h7-9,13,17H,3-6,10H2,1-2H3,(H,16,18). The van der Waals surface area contributed by atoms with Crippen LogP contribution in [0.4, 0.5) is 0 Å². The molecule has 0 atom stereocenters. The third-order valence-electron chi connectivity index (χ3n) is 3.23. The Labute approximate surface area is 119 Å². The van der Waals surface area contributed by atoms with Crippen molar-refractivity contribution < 1.29 is 14.3 Å². The van der Waals surface area contributed by atoms with Gasteiger partial charge in [-0.3, -0.25) is 4.79 Å². The summed E-state index contributed by atoms with van der Waals surface area (Å²) in [5.41, 5.74) is 1.68. The van der Waals surface area contributed by atoms with Crippen molar-refractivity contribution in [1.29, 1.82) is 0 Å². The minimum Gasteiger partial charge on any atom is -0.497 e. The highest BCUT2D eigenvalue weighted by Gasteiger charge is 2.20. The van der Waals surface area contributed by atoms with Gasteiger partial charge in [0.2, 0.25) is 0 Å². The van der Waals surface area contributed by atoms with E-state index < -0.39 is 0 Å². The van der Waals surface area contributed by atoms with E-state index in [0.29, 0.717) is 30.5 Å². The van der Waals surface area contributed by atoms with Crippen LogP contribution < -0.4 is 15.4 Å². The van der Waals surface area contributed by atoms with Gasteiger partial charge in [0.25, 0.3) is 5.91 Å². The number of ether oxygens (including phenoxy) is 2. The molecule has 1 fully saturated rings. The highest BCUT2D eigenvalue weighted by molar-refractivity contribution is 5.94. The summed E-state index contributed by atoms with van der Waals surface area (Å²) in [4.78, 5) is 12.0. The predicted octanol–water partition coefficient (Wildman–Crippen LogP) is 1.32. The van der Waals surface area contributed by atoms with Gasteiger partial charge in [-0.05, 0) is 36.6 Å². The van der Waals surface area contributed by atoms with Gasteiger partial charge in [-0.1, -0.05) is 0 Å². The summed E-state index contributed by atoms with van der Waals surface area (Å²) < 4.78 is 10.2. The first-order valence-electron chi connectivity index (χ1n) is 6.91. The third-order valence-corrected chi connectivity index (χ3v) is 3.23. The van der Waals surface area contributed by atoms with Crippen LogP contribution in [0.15, 0.2) is 18.2 Å². The fourth-order valence-electron chi connectivity index (χ4n) is 1.93. The van der Waals surface area contributed by atoms with E-state index in [-0.39, 0.29) is 5.91 Å². The molecule has 110 valence electrons. The van der Waals surface area contributed by atoms with Gasteiger partial charge in [0.15, 0.2) is 0 Å². The second kappa shape index (κ2) is 7.26. The van der Waals surface area contributed by atoms with Crippen molar-refractivity contribution in [3.8, 4) is 5.75 Å². The molecule has 2 N–H and O–H groups in total. The second-order valence-corrected chi connectivity index (χ2v) is 4.97. The van der Waals surface area contributed by atoms with Crippen LogP contribution in [0.25, 0.3) is 0 Å². The zero-order valence-corrected chi connectivity index (χ0v) is 12.1. The van der Waals surface area contributed by atoms with E-state index in [1.807, 2.05) is 12.1 Å². The summed E-state index contributed by atoms with van der Waals surface area (Å²) in [5.74, 6) is 0.602. The fourth-order valence-corrected chi connectivity index (χ4v) is 1.93.